The molecule has 0 bridgehead atoms. The number of hydrogen-bond donors (Lipinski definition) is 1. The first-order valence-electron chi connectivity index (χ1n) is 6.92. The Morgan fingerprint density at radius 1 is 0.905 bits per heavy atom. The predicted octanol–water partition coefficient (Wildman–Crippen LogP) is 3.44. The molecule has 0 amide bonds. The van der Waals surface area contributed by atoms with E-state index in [1.54, 1.807) is 4.68 Å². The molecule has 2 N–H and O–H groups in total. The number of hydrogen-bond acceptors (Lipinski definition) is 3. The van der Waals surface area contributed by atoms with Gasteiger partial charge in [0.2, 0.25) is 0 Å². The number of nitrogens with zero attached hydrogens (tertiary/aromatic N) is 3. The summed E-state index contributed by atoms with van der Waals surface area (Å²) in [5, 5.41) is 8.48. The van der Waals surface area contributed by atoms with Crippen molar-refractivity contribution in [3.63, 3.8) is 0 Å². The second kappa shape index (κ2) is 5.05. The molecule has 0 saturated heterocycles. The van der Waals surface area contributed by atoms with Gasteiger partial charge in [0.25, 0.3) is 0 Å². The van der Waals surface area contributed by atoms with Crippen LogP contribution in [0.2, 0.25) is 0 Å². The van der Waals surface area contributed by atoms with E-state index in [4.69, 9.17) is 5.73 Å². The van der Waals surface area contributed by atoms with Crippen molar-refractivity contribution in [2.24, 2.45) is 0 Å². The van der Waals surface area contributed by atoms with Crippen LogP contribution in [0.5, 0.6) is 0 Å². The number of aryl methyl sites for hydroxylation is 3. The topological polar surface area (TPSA) is 56.7 Å². The molecule has 0 unspecified atom stereocenters. The summed E-state index contributed by atoms with van der Waals surface area (Å²) in [4.78, 5) is 0. The van der Waals surface area contributed by atoms with Crippen molar-refractivity contribution in [1.29, 1.82) is 0 Å². The Kier molecular flexibility index (Phi) is 3.22. The highest BCUT2D eigenvalue weighted by Crippen LogP contribution is 2.27. The molecule has 2 aromatic carbocycles. The monoisotopic (exact) mass is 278 g/mol. The van der Waals surface area contributed by atoms with Crippen molar-refractivity contribution in [1.82, 2.24) is 15.0 Å². The first kappa shape index (κ1) is 13.4. The van der Waals surface area contributed by atoms with Crippen molar-refractivity contribution in [3.8, 4) is 16.9 Å². The Hall–Kier alpha value is -2.62. The normalized spacial score (nSPS) is 10.8. The second-order valence-corrected chi connectivity index (χ2v) is 5.32. The molecule has 0 spiro atoms. The molecule has 0 aliphatic carbocycles. The van der Waals surface area contributed by atoms with Crippen LogP contribution in [-0.2, 0) is 0 Å². The molecule has 0 aliphatic rings. The van der Waals surface area contributed by atoms with Crippen LogP contribution in [0.3, 0.4) is 0 Å². The second-order valence-electron chi connectivity index (χ2n) is 5.32. The summed E-state index contributed by atoms with van der Waals surface area (Å²) in [5.74, 6) is 0.563. The predicted molar refractivity (Wildman–Crippen MR) is 85.4 cm³/mol. The molecule has 3 aromatic rings. The molecule has 4 heteroatoms. The van der Waals surface area contributed by atoms with E-state index in [0.717, 1.165) is 22.5 Å². The third kappa shape index (κ3) is 2.29. The highest BCUT2D eigenvalue weighted by Gasteiger charge is 2.14. The zero-order chi connectivity index (χ0) is 15.0. The van der Waals surface area contributed by atoms with Crippen molar-refractivity contribution >= 4 is 5.82 Å². The lowest BCUT2D eigenvalue weighted by Gasteiger charge is -2.07. The SMILES string of the molecule is Cc1ccc(-c2nnn(-c3ccccc3C)c2N)cc1C. The van der Waals surface area contributed by atoms with Crippen LogP contribution in [0.15, 0.2) is 42.5 Å². The maximum atomic E-state index is 6.26. The van der Waals surface area contributed by atoms with Crippen molar-refractivity contribution < 1.29 is 0 Å². The van der Waals surface area contributed by atoms with Gasteiger partial charge < -0.3 is 5.73 Å². The summed E-state index contributed by atoms with van der Waals surface area (Å²) in [6.07, 6.45) is 0. The van der Waals surface area contributed by atoms with E-state index in [2.05, 4.69) is 36.3 Å². The molecule has 0 atom stereocenters. The summed E-state index contributed by atoms with van der Waals surface area (Å²) >= 11 is 0. The molecule has 4 nitrogen and oxygen atoms in total. The Bertz CT molecular complexity index is 802. The Morgan fingerprint density at radius 2 is 1.67 bits per heavy atom. The fraction of sp³-hybridized carbons (Fsp3) is 0.176. The van der Waals surface area contributed by atoms with Crippen LogP contribution in [-0.4, -0.2) is 15.0 Å². The maximum Gasteiger partial charge on any atom is 0.155 e. The van der Waals surface area contributed by atoms with Crippen LogP contribution < -0.4 is 5.73 Å². The Morgan fingerprint density at radius 3 is 2.38 bits per heavy atom. The van der Waals surface area contributed by atoms with E-state index in [-0.39, 0.29) is 0 Å². The van der Waals surface area contributed by atoms with Gasteiger partial charge in [-0.1, -0.05) is 35.5 Å². The van der Waals surface area contributed by atoms with E-state index < -0.39 is 0 Å². The van der Waals surface area contributed by atoms with Crippen LogP contribution in [0.4, 0.5) is 5.82 Å². The molecule has 0 saturated carbocycles. The number of benzene rings is 2. The van der Waals surface area contributed by atoms with Gasteiger partial charge in [-0.3, -0.25) is 0 Å². The number of nitrogens with two attached hydrogens (primary N) is 1. The van der Waals surface area contributed by atoms with Crippen LogP contribution in [0, 0.1) is 20.8 Å². The van der Waals surface area contributed by atoms with E-state index in [1.807, 2.05) is 37.3 Å². The van der Waals surface area contributed by atoms with Gasteiger partial charge in [0.15, 0.2) is 5.82 Å². The first-order valence-corrected chi connectivity index (χ1v) is 6.92. The highest BCUT2D eigenvalue weighted by molar-refractivity contribution is 5.72. The smallest absolute Gasteiger partial charge is 0.155 e. The van der Waals surface area contributed by atoms with Gasteiger partial charge in [0.05, 0.1) is 5.69 Å². The largest absolute Gasteiger partial charge is 0.382 e. The van der Waals surface area contributed by atoms with Gasteiger partial charge >= 0.3 is 0 Å². The number of anilines is 1. The first-order chi connectivity index (χ1) is 10.1. The van der Waals surface area contributed by atoms with Gasteiger partial charge in [-0.05, 0) is 49.6 Å². The lowest BCUT2D eigenvalue weighted by molar-refractivity contribution is 0.806. The number of rotatable bonds is 2. The Balaban J connectivity index is 2.11. The molecule has 0 radical (unpaired) electrons. The van der Waals surface area contributed by atoms with Gasteiger partial charge in [-0.25, -0.2) is 0 Å². The summed E-state index contributed by atoms with van der Waals surface area (Å²) in [5.41, 5.74) is 12.5. The molecule has 106 valence electrons. The summed E-state index contributed by atoms with van der Waals surface area (Å²) < 4.78 is 1.69. The Labute approximate surface area is 124 Å². The molecule has 1 heterocycles. The minimum atomic E-state index is 0.563. The van der Waals surface area contributed by atoms with Crippen LogP contribution in [0.1, 0.15) is 16.7 Å². The fourth-order valence-corrected chi connectivity index (χ4v) is 2.36. The average molecular weight is 278 g/mol. The van der Waals surface area contributed by atoms with Crippen molar-refractivity contribution in [3.05, 3.63) is 59.2 Å². The van der Waals surface area contributed by atoms with Gasteiger partial charge in [-0.15, -0.1) is 5.10 Å². The number of aromatic nitrogens is 3. The fourth-order valence-electron chi connectivity index (χ4n) is 2.36. The van der Waals surface area contributed by atoms with Gasteiger partial charge in [-0.2, -0.15) is 4.68 Å². The summed E-state index contributed by atoms with van der Waals surface area (Å²) in [6.45, 7) is 6.21. The third-order valence-corrected chi connectivity index (χ3v) is 3.83. The molecular formula is C17H18N4. The van der Waals surface area contributed by atoms with Gasteiger partial charge in [0.1, 0.15) is 5.69 Å². The number of para-hydroxylation sites is 1. The molecule has 1 aromatic heterocycles. The van der Waals surface area contributed by atoms with Gasteiger partial charge in [0, 0.05) is 5.56 Å². The van der Waals surface area contributed by atoms with E-state index in [9.17, 15) is 0 Å². The lowest BCUT2D eigenvalue weighted by Crippen LogP contribution is -2.04. The molecular weight excluding hydrogens is 260 g/mol. The quantitative estimate of drug-likeness (QED) is 0.781. The minimum absolute atomic E-state index is 0.563. The maximum absolute atomic E-state index is 6.26. The molecule has 21 heavy (non-hydrogen) atoms. The zero-order valence-corrected chi connectivity index (χ0v) is 12.5. The molecule has 0 aliphatic heterocycles. The van der Waals surface area contributed by atoms with Crippen LogP contribution >= 0.6 is 0 Å². The standard InChI is InChI=1S/C17H18N4/c1-11-8-9-14(10-13(11)3)16-17(18)21(20-19-16)15-7-5-4-6-12(15)2/h4-10H,18H2,1-3H3. The zero-order valence-electron chi connectivity index (χ0n) is 12.5. The molecule has 3 rings (SSSR count). The van der Waals surface area contributed by atoms with Crippen LogP contribution in [0.25, 0.3) is 16.9 Å². The van der Waals surface area contributed by atoms with Crippen molar-refractivity contribution in [2.75, 3.05) is 5.73 Å². The minimum Gasteiger partial charge on any atom is -0.382 e. The lowest BCUT2D eigenvalue weighted by atomic mass is 10.0. The third-order valence-electron chi connectivity index (χ3n) is 3.83. The average Bonchev–Trinajstić information content (AvgIpc) is 2.84. The summed E-state index contributed by atoms with van der Waals surface area (Å²) in [7, 11) is 0. The molecule has 0 fully saturated rings. The summed E-state index contributed by atoms with van der Waals surface area (Å²) in [6, 6.07) is 14.2. The van der Waals surface area contributed by atoms with E-state index in [0.29, 0.717) is 5.82 Å². The van der Waals surface area contributed by atoms with Crippen molar-refractivity contribution in [2.45, 2.75) is 20.8 Å². The van der Waals surface area contributed by atoms with E-state index in [1.165, 1.54) is 11.1 Å². The van der Waals surface area contributed by atoms with E-state index >= 15 is 0 Å². The highest BCUT2D eigenvalue weighted by atomic mass is 15.5. The number of nitrogen functional groups attached to an aromatic ring is 1.